The van der Waals surface area contributed by atoms with Crippen molar-refractivity contribution in [3.8, 4) is 0 Å². The fourth-order valence-corrected chi connectivity index (χ4v) is 4.35. The molecule has 0 radical (unpaired) electrons. The van der Waals surface area contributed by atoms with Gasteiger partial charge in [-0.2, -0.15) is 0 Å². The number of benzene rings is 1. The van der Waals surface area contributed by atoms with E-state index < -0.39 is 9.84 Å². The predicted octanol–water partition coefficient (Wildman–Crippen LogP) is 1.37. The SMILES string of the molecule is O=S1(=O)C(CN2CCNCC2)=Cc2ccc(Cl)cc21. The molecule has 19 heavy (non-hydrogen) atoms. The van der Waals surface area contributed by atoms with Gasteiger partial charge in [-0.3, -0.25) is 4.90 Å². The number of nitrogens with zero attached hydrogens (tertiary/aromatic N) is 1. The van der Waals surface area contributed by atoms with Crippen molar-refractivity contribution >= 4 is 27.5 Å². The van der Waals surface area contributed by atoms with E-state index in [0.29, 0.717) is 21.4 Å². The number of piperazine rings is 1. The topological polar surface area (TPSA) is 49.4 Å². The highest BCUT2D eigenvalue weighted by atomic mass is 35.5. The number of nitrogens with one attached hydrogen (secondary N) is 1. The second kappa shape index (κ2) is 4.90. The third-order valence-corrected chi connectivity index (χ3v) is 5.62. The summed E-state index contributed by atoms with van der Waals surface area (Å²) in [6, 6.07) is 5.02. The molecule has 0 atom stereocenters. The molecule has 0 amide bonds. The van der Waals surface area contributed by atoms with Crippen molar-refractivity contribution < 1.29 is 8.42 Å². The minimum absolute atomic E-state index is 0.338. The average Bonchev–Trinajstić information content (AvgIpc) is 2.63. The van der Waals surface area contributed by atoms with Crippen molar-refractivity contribution in [2.24, 2.45) is 0 Å². The van der Waals surface area contributed by atoms with Crippen LogP contribution in [0.5, 0.6) is 0 Å². The van der Waals surface area contributed by atoms with Gasteiger partial charge in [0.1, 0.15) is 0 Å². The van der Waals surface area contributed by atoms with E-state index in [2.05, 4.69) is 10.2 Å². The van der Waals surface area contributed by atoms with Crippen molar-refractivity contribution in [1.82, 2.24) is 10.2 Å². The molecule has 2 aliphatic heterocycles. The summed E-state index contributed by atoms with van der Waals surface area (Å²) in [5.74, 6) is 0. The molecule has 0 unspecified atom stereocenters. The summed E-state index contributed by atoms with van der Waals surface area (Å²) in [7, 11) is -3.35. The van der Waals surface area contributed by atoms with Crippen LogP contribution in [0, 0.1) is 0 Å². The minimum atomic E-state index is -3.35. The minimum Gasteiger partial charge on any atom is -0.314 e. The first-order valence-electron chi connectivity index (χ1n) is 6.26. The van der Waals surface area contributed by atoms with Gasteiger partial charge in [0.2, 0.25) is 9.84 Å². The van der Waals surface area contributed by atoms with Gasteiger partial charge in [-0.05, 0) is 23.8 Å². The lowest BCUT2D eigenvalue weighted by molar-refractivity contribution is 0.263. The fourth-order valence-electron chi connectivity index (χ4n) is 2.47. The summed E-state index contributed by atoms with van der Waals surface area (Å²) >= 11 is 5.88. The van der Waals surface area contributed by atoms with Gasteiger partial charge in [0.15, 0.2) is 0 Å². The Kier molecular flexibility index (Phi) is 3.39. The van der Waals surface area contributed by atoms with E-state index in [1.807, 2.05) is 0 Å². The van der Waals surface area contributed by atoms with Gasteiger partial charge in [-0.1, -0.05) is 17.7 Å². The Morgan fingerprint density at radius 3 is 2.74 bits per heavy atom. The van der Waals surface area contributed by atoms with Gasteiger partial charge in [0, 0.05) is 37.7 Å². The number of fused-ring (bicyclic) bond motifs is 1. The first-order chi connectivity index (χ1) is 9.07. The number of sulfone groups is 1. The van der Waals surface area contributed by atoms with E-state index in [9.17, 15) is 8.42 Å². The predicted molar refractivity (Wildman–Crippen MR) is 75.9 cm³/mol. The fraction of sp³-hybridized carbons (Fsp3) is 0.385. The smallest absolute Gasteiger partial charge is 0.204 e. The first kappa shape index (κ1) is 13.1. The third kappa shape index (κ3) is 2.43. The molecule has 1 aromatic rings. The van der Waals surface area contributed by atoms with Crippen molar-refractivity contribution in [2.75, 3.05) is 32.7 Å². The molecular weight excluding hydrogens is 284 g/mol. The Hall–Kier alpha value is -0.880. The van der Waals surface area contributed by atoms with Gasteiger partial charge in [-0.15, -0.1) is 0 Å². The molecule has 2 aliphatic rings. The van der Waals surface area contributed by atoms with E-state index in [0.717, 1.165) is 31.7 Å². The van der Waals surface area contributed by atoms with Crippen LogP contribution in [0.25, 0.3) is 6.08 Å². The van der Waals surface area contributed by atoms with Gasteiger partial charge < -0.3 is 5.32 Å². The van der Waals surface area contributed by atoms with Crippen molar-refractivity contribution in [3.63, 3.8) is 0 Å². The Bertz CT molecular complexity index is 634. The third-order valence-electron chi connectivity index (χ3n) is 3.52. The highest BCUT2D eigenvalue weighted by Gasteiger charge is 2.30. The number of hydrogen-bond acceptors (Lipinski definition) is 4. The first-order valence-corrected chi connectivity index (χ1v) is 8.12. The van der Waals surface area contributed by atoms with Gasteiger partial charge in [0.05, 0.1) is 9.80 Å². The largest absolute Gasteiger partial charge is 0.314 e. The lowest BCUT2D eigenvalue weighted by Gasteiger charge is -2.27. The van der Waals surface area contributed by atoms with Crippen molar-refractivity contribution in [1.29, 1.82) is 0 Å². The normalized spacial score (nSPS) is 22.1. The summed E-state index contributed by atoms with van der Waals surface area (Å²) in [6.45, 7) is 4.06. The summed E-state index contributed by atoms with van der Waals surface area (Å²) in [5.41, 5.74) is 0.745. The quantitative estimate of drug-likeness (QED) is 0.896. The second-order valence-electron chi connectivity index (χ2n) is 4.82. The van der Waals surface area contributed by atoms with E-state index >= 15 is 0 Å². The number of hydrogen-bond donors (Lipinski definition) is 1. The highest BCUT2D eigenvalue weighted by Crippen LogP contribution is 2.34. The molecule has 102 valence electrons. The number of rotatable bonds is 2. The summed E-state index contributed by atoms with van der Waals surface area (Å²) in [4.78, 5) is 2.98. The lowest BCUT2D eigenvalue weighted by Crippen LogP contribution is -2.44. The zero-order chi connectivity index (χ0) is 13.5. The Morgan fingerprint density at radius 1 is 1.26 bits per heavy atom. The monoisotopic (exact) mass is 298 g/mol. The van der Waals surface area contributed by atoms with Gasteiger partial charge in [0.25, 0.3) is 0 Å². The molecule has 1 N–H and O–H groups in total. The van der Waals surface area contributed by atoms with Crippen molar-refractivity contribution in [2.45, 2.75) is 4.90 Å². The van der Waals surface area contributed by atoms with Gasteiger partial charge >= 0.3 is 0 Å². The second-order valence-corrected chi connectivity index (χ2v) is 7.23. The summed E-state index contributed by atoms with van der Waals surface area (Å²) < 4.78 is 24.9. The average molecular weight is 299 g/mol. The Balaban J connectivity index is 1.88. The van der Waals surface area contributed by atoms with Crippen molar-refractivity contribution in [3.05, 3.63) is 33.7 Å². The summed E-state index contributed by atoms with van der Waals surface area (Å²) in [5, 5.41) is 3.71. The lowest BCUT2D eigenvalue weighted by atomic mass is 10.2. The zero-order valence-corrected chi connectivity index (χ0v) is 12.0. The maximum atomic E-state index is 12.4. The molecule has 2 heterocycles. The van der Waals surface area contributed by atoms with Gasteiger partial charge in [-0.25, -0.2) is 8.42 Å². The van der Waals surface area contributed by atoms with Crippen LogP contribution in [-0.4, -0.2) is 46.0 Å². The van der Waals surface area contributed by atoms with E-state index in [4.69, 9.17) is 11.6 Å². The van der Waals surface area contributed by atoms with Crippen LogP contribution >= 0.6 is 11.6 Å². The molecule has 1 fully saturated rings. The van der Waals surface area contributed by atoms with Crippen LogP contribution < -0.4 is 5.32 Å². The van der Waals surface area contributed by atoms with E-state index in [-0.39, 0.29) is 0 Å². The van der Waals surface area contributed by atoms with Crippen LogP contribution in [0.3, 0.4) is 0 Å². The Morgan fingerprint density at radius 2 is 2.00 bits per heavy atom. The van der Waals surface area contributed by atoms with Crippen LogP contribution in [0.4, 0.5) is 0 Å². The van der Waals surface area contributed by atoms with E-state index in [1.54, 1.807) is 18.2 Å². The Labute approximate surface area is 118 Å². The zero-order valence-electron chi connectivity index (χ0n) is 10.4. The molecule has 0 saturated carbocycles. The molecule has 1 saturated heterocycles. The molecule has 0 aliphatic carbocycles. The maximum absolute atomic E-state index is 12.4. The van der Waals surface area contributed by atoms with Crippen LogP contribution in [0.15, 0.2) is 28.0 Å². The highest BCUT2D eigenvalue weighted by molar-refractivity contribution is 7.95. The van der Waals surface area contributed by atoms with Crippen LogP contribution in [-0.2, 0) is 9.84 Å². The molecule has 0 bridgehead atoms. The van der Waals surface area contributed by atoms with Crippen LogP contribution in [0.1, 0.15) is 5.56 Å². The van der Waals surface area contributed by atoms with Crippen LogP contribution in [0.2, 0.25) is 5.02 Å². The molecule has 1 aromatic carbocycles. The molecule has 0 aromatic heterocycles. The standard InChI is InChI=1S/C13H15ClN2O2S/c14-11-2-1-10-7-12(19(17,18)13(10)8-11)9-16-5-3-15-4-6-16/h1-2,7-8,15H,3-6,9H2. The molecule has 4 nitrogen and oxygen atoms in total. The molecule has 3 rings (SSSR count). The summed E-state index contributed by atoms with van der Waals surface area (Å²) in [6.07, 6.45) is 1.77. The van der Waals surface area contributed by atoms with E-state index in [1.165, 1.54) is 6.07 Å². The maximum Gasteiger partial charge on any atom is 0.204 e. The molecular formula is C13H15ClN2O2S. The molecule has 6 heteroatoms. The molecule has 0 spiro atoms. The number of halogens is 1.